The van der Waals surface area contributed by atoms with Gasteiger partial charge >= 0.3 is 0 Å². The van der Waals surface area contributed by atoms with Crippen LogP contribution in [0.15, 0.2) is 60.9 Å². The number of hydrogen-bond donors (Lipinski definition) is 2. The summed E-state index contributed by atoms with van der Waals surface area (Å²) >= 11 is 0. The van der Waals surface area contributed by atoms with Crippen LogP contribution in [0, 0.1) is 6.92 Å². The quantitative estimate of drug-likeness (QED) is 0.624. The van der Waals surface area contributed by atoms with Crippen molar-refractivity contribution < 1.29 is 9.59 Å². The molecule has 0 saturated carbocycles. The van der Waals surface area contributed by atoms with Gasteiger partial charge in [0.05, 0.1) is 11.1 Å². The van der Waals surface area contributed by atoms with Crippen molar-refractivity contribution in [1.29, 1.82) is 0 Å². The predicted octanol–water partition coefficient (Wildman–Crippen LogP) is 5.02. The number of aryl methyl sites for hydroxylation is 3. The minimum absolute atomic E-state index is 0.280. The Morgan fingerprint density at radius 3 is 1.93 bits per heavy atom. The summed E-state index contributed by atoms with van der Waals surface area (Å²) < 4.78 is 0. The largest absolute Gasteiger partial charge is 0.322 e. The van der Waals surface area contributed by atoms with Crippen LogP contribution in [0.25, 0.3) is 0 Å². The molecule has 2 aromatic carbocycles. The molecule has 1 aromatic heterocycles. The minimum Gasteiger partial charge on any atom is -0.322 e. The number of para-hydroxylation sites is 1. The fourth-order valence-electron chi connectivity index (χ4n) is 3.12. The Balaban J connectivity index is 1.79. The fourth-order valence-corrected chi connectivity index (χ4v) is 3.12. The van der Waals surface area contributed by atoms with Crippen LogP contribution < -0.4 is 10.6 Å². The molecule has 0 unspecified atom stereocenters. The van der Waals surface area contributed by atoms with Crippen LogP contribution in [0.5, 0.6) is 0 Å². The van der Waals surface area contributed by atoms with Gasteiger partial charge in [-0.25, -0.2) is 0 Å². The van der Waals surface area contributed by atoms with E-state index in [1.807, 2.05) is 49.4 Å². The zero-order chi connectivity index (χ0) is 20.8. The molecule has 148 valence electrons. The zero-order valence-electron chi connectivity index (χ0n) is 17.0. The molecule has 29 heavy (non-hydrogen) atoms. The number of rotatable bonds is 6. The first kappa shape index (κ1) is 20.3. The average molecular weight is 387 g/mol. The highest BCUT2D eigenvalue weighted by atomic mass is 16.2. The van der Waals surface area contributed by atoms with Crippen LogP contribution in [0.2, 0.25) is 0 Å². The van der Waals surface area contributed by atoms with E-state index in [1.165, 1.54) is 12.4 Å². The van der Waals surface area contributed by atoms with Gasteiger partial charge < -0.3 is 10.6 Å². The van der Waals surface area contributed by atoms with Crippen molar-refractivity contribution in [2.24, 2.45) is 0 Å². The van der Waals surface area contributed by atoms with E-state index in [0.717, 1.165) is 35.2 Å². The van der Waals surface area contributed by atoms with Crippen LogP contribution in [0.3, 0.4) is 0 Å². The number of hydrogen-bond acceptors (Lipinski definition) is 3. The van der Waals surface area contributed by atoms with Crippen LogP contribution >= 0.6 is 0 Å². The molecule has 0 saturated heterocycles. The maximum Gasteiger partial charge on any atom is 0.257 e. The van der Waals surface area contributed by atoms with Crippen molar-refractivity contribution in [3.63, 3.8) is 0 Å². The van der Waals surface area contributed by atoms with Gasteiger partial charge in [-0.3, -0.25) is 14.6 Å². The number of nitrogens with one attached hydrogen (secondary N) is 2. The number of benzene rings is 2. The van der Waals surface area contributed by atoms with E-state index in [-0.39, 0.29) is 11.8 Å². The number of amides is 2. The molecule has 3 rings (SSSR count). The second-order valence-electron chi connectivity index (χ2n) is 6.89. The van der Waals surface area contributed by atoms with Gasteiger partial charge in [0.25, 0.3) is 11.8 Å². The van der Waals surface area contributed by atoms with Gasteiger partial charge in [-0.15, -0.1) is 0 Å². The van der Waals surface area contributed by atoms with Gasteiger partial charge in [0.1, 0.15) is 0 Å². The lowest BCUT2D eigenvalue weighted by molar-refractivity contribution is 0.102. The van der Waals surface area contributed by atoms with E-state index in [4.69, 9.17) is 0 Å². The Hall–Kier alpha value is -3.47. The Kier molecular flexibility index (Phi) is 6.39. The Bertz CT molecular complexity index is 1000. The molecule has 5 nitrogen and oxygen atoms in total. The van der Waals surface area contributed by atoms with Crippen molar-refractivity contribution in [3.05, 3.63) is 88.7 Å². The van der Waals surface area contributed by atoms with E-state index in [2.05, 4.69) is 29.5 Å². The van der Waals surface area contributed by atoms with Crippen molar-refractivity contribution in [2.75, 3.05) is 10.6 Å². The summed E-state index contributed by atoms with van der Waals surface area (Å²) in [6, 6.07) is 15.1. The lowest BCUT2D eigenvalue weighted by atomic mass is 10.0. The monoisotopic (exact) mass is 387 g/mol. The molecule has 0 radical (unpaired) electrons. The second kappa shape index (κ2) is 9.15. The lowest BCUT2D eigenvalue weighted by Crippen LogP contribution is -2.17. The first-order chi connectivity index (χ1) is 14.0. The first-order valence-electron chi connectivity index (χ1n) is 9.77. The van der Waals surface area contributed by atoms with Gasteiger partial charge in [-0.1, -0.05) is 49.7 Å². The van der Waals surface area contributed by atoms with Gasteiger partial charge in [0.15, 0.2) is 0 Å². The normalized spacial score (nSPS) is 10.4. The van der Waals surface area contributed by atoms with E-state index < -0.39 is 0 Å². The van der Waals surface area contributed by atoms with Crippen LogP contribution in [0.4, 0.5) is 11.4 Å². The minimum atomic E-state index is -0.306. The van der Waals surface area contributed by atoms with E-state index in [9.17, 15) is 9.59 Å². The number of pyridine rings is 1. The third-order valence-electron chi connectivity index (χ3n) is 4.81. The summed E-state index contributed by atoms with van der Waals surface area (Å²) in [5.41, 5.74) is 5.49. The van der Waals surface area contributed by atoms with Crippen molar-refractivity contribution in [2.45, 2.75) is 33.6 Å². The molecule has 0 atom stereocenters. The molecular weight excluding hydrogens is 362 g/mol. The number of nitrogens with zero attached hydrogens (tertiary/aromatic N) is 1. The highest BCUT2D eigenvalue weighted by molar-refractivity contribution is 6.08. The third-order valence-corrected chi connectivity index (χ3v) is 4.81. The summed E-state index contributed by atoms with van der Waals surface area (Å²) in [6.45, 7) is 6.10. The third kappa shape index (κ3) is 4.88. The summed E-state index contributed by atoms with van der Waals surface area (Å²) in [7, 11) is 0. The molecule has 3 aromatic rings. The molecule has 2 N–H and O–H groups in total. The van der Waals surface area contributed by atoms with E-state index in [1.54, 1.807) is 6.07 Å². The highest BCUT2D eigenvalue weighted by Gasteiger charge is 2.15. The molecule has 0 aliphatic rings. The summed E-state index contributed by atoms with van der Waals surface area (Å²) in [6.07, 6.45) is 4.57. The topological polar surface area (TPSA) is 71.1 Å². The molecule has 0 spiro atoms. The molecular formula is C24H25N3O2. The smallest absolute Gasteiger partial charge is 0.257 e. The van der Waals surface area contributed by atoms with Crippen LogP contribution in [0.1, 0.15) is 51.3 Å². The predicted molar refractivity (Wildman–Crippen MR) is 117 cm³/mol. The fraction of sp³-hybridized carbons (Fsp3) is 0.208. The molecule has 2 amide bonds. The Morgan fingerprint density at radius 1 is 0.828 bits per heavy atom. The molecule has 0 aliphatic heterocycles. The van der Waals surface area contributed by atoms with Crippen molar-refractivity contribution >= 4 is 23.2 Å². The Labute approximate surface area is 171 Å². The average Bonchev–Trinajstić information content (AvgIpc) is 2.75. The molecule has 0 fully saturated rings. The maximum atomic E-state index is 12.8. The summed E-state index contributed by atoms with van der Waals surface area (Å²) in [4.78, 5) is 29.5. The highest BCUT2D eigenvalue weighted by Crippen LogP contribution is 2.23. The molecule has 0 bridgehead atoms. The second-order valence-corrected chi connectivity index (χ2v) is 6.89. The summed E-state index contributed by atoms with van der Waals surface area (Å²) in [5, 5.41) is 5.84. The molecule has 5 heteroatoms. The summed E-state index contributed by atoms with van der Waals surface area (Å²) in [5.74, 6) is -0.586. The van der Waals surface area contributed by atoms with Crippen LogP contribution in [-0.4, -0.2) is 16.8 Å². The van der Waals surface area contributed by atoms with Gasteiger partial charge in [0, 0.05) is 23.8 Å². The van der Waals surface area contributed by atoms with Crippen LogP contribution in [-0.2, 0) is 12.8 Å². The molecule has 1 heterocycles. The number of carbonyl (C=O) groups is 2. The molecule has 0 aliphatic carbocycles. The first-order valence-corrected chi connectivity index (χ1v) is 9.77. The zero-order valence-corrected chi connectivity index (χ0v) is 17.0. The van der Waals surface area contributed by atoms with Gasteiger partial charge in [-0.05, 0) is 49.1 Å². The van der Waals surface area contributed by atoms with Crippen molar-refractivity contribution in [3.8, 4) is 0 Å². The Morgan fingerprint density at radius 2 is 1.38 bits per heavy atom. The maximum absolute atomic E-state index is 12.8. The number of carbonyl (C=O) groups excluding carboxylic acids is 2. The standard InChI is InChI=1S/C24H25N3O2/c1-4-17-7-6-8-18(5-2)22(17)27-24(29)20-13-19(14-25-15-20)23(28)26-21-11-9-16(3)10-12-21/h6-15H,4-5H2,1-3H3,(H,26,28)(H,27,29). The lowest BCUT2D eigenvalue weighted by Gasteiger charge is -2.14. The van der Waals surface area contributed by atoms with Gasteiger partial charge in [-0.2, -0.15) is 0 Å². The van der Waals surface area contributed by atoms with Crippen molar-refractivity contribution in [1.82, 2.24) is 4.98 Å². The number of anilines is 2. The van der Waals surface area contributed by atoms with Gasteiger partial charge in [0.2, 0.25) is 0 Å². The SMILES string of the molecule is CCc1cccc(CC)c1NC(=O)c1cncc(C(=O)Nc2ccc(C)cc2)c1. The van der Waals surface area contributed by atoms with E-state index in [0.29, 0.717) is 16.8 Å². The van der Waals surface area contributed by atoms with E-state index >= 15 is 0 Å². The number of aromatic nitrogens is 1.